The van der Waals surface area contributed by atoms with E-state index in [1.165, 1.54) is 0 Å². The molecule has 3 amide bonds. The summed E-state index contributed by atoms with van der Waals surface area (Å²) >= 11 is 0. The second-order valence-electron chi connectivity index (χ2n) is 14.6. The lowest BCUT2D eigenvalue weighted by Gasteiger charge is -2.39. The number of rotatable bonds is 12. The first-order chi connectivity index (χ1) is 23.5. The van der Waals surface area contributed by atoms with Crippen LogP contribution in [-0.4, -0.2) is 85.3 Å². The van der Waals surface area contributed by atoms with Crippen LogP contribution in [0.3, 0.4) is 0 Å². The van der Waals surface area contributed by atoms with E-state index in [1.54, 1.807) is 6.92 Å². The zero-order chi connectivity index (χ0) is 35.1. The number of unbranched alkanes of at least 4 members (excludes halogenated alkanes) is 1. The molecule has 0 spiro atoms. The van der Waals surface area contributed by atoms with Crippen LogP contribution in [0.1, 0.15) is 101 Å². The van der Waals surface area contributed by atoms with Crippen molar-refractivity contribution in [2.75, 3.05) is 44.8 Å². The van der Waals surface area contributed by atoms with Crippen molar-refractivity contribution in [3.05, 3.63) is 47.3 Å². The number of carbonyl (C=O) groups is 3. The number of aliphatic imine (C=N–C) groups is 1. The molecule has 2 unspecified atom stereocenters. The average molecular weight is 673 g/mol. The van der Waals surface area contributed by atoms with Gasteiger partial charge in [-0.1, -0.05) is 32.8 Å². The fraction of sp³-hybridized carbons (Fsp3) is 0.615. The van der Waals surface area contributed by atoms with Gasteiger partial charge in [0.15, 0.2) is 0 Å². The van der Waals surface area contributed by atoms with Gasteiger partial charge in [-0.2, -0.15) is 0 Å². The molecular formula is C39H56N6O4. The van der Waals surface area contributed by atoms with E-state index in [1.807, 2.05) is 26.1 Å². The van der Waals surface area contributed by atoms with Crippen molar-refractivity contribution in [1.82, 2.24) is 20.5 Å². The first kappa shape index (κ1) is 36.6. The van der Waals surface area contributed by atoms with Gasteiger partial charge in [-0.3, -0.25) is 24.3 Å². The van der Waals surface area contributed by atoms with E-state index in [9.17, 15) is 14.4 Å². The number of hydrogen-bond donors (Lipinski definition) is 2. The molecular weight excluding hydrogens is 616 g/mol. The average Bonchev–Trinajstić information content (AvgIpc) is 3.08. The third-order valence-corrected chi connectivity index (χ3v) is 11.1. The Hall–Kier alpha value is -3.63. The van der Waals surface area contributed by atoms with E-state index in [2.05, 4.69) is 64.5 Å². The van der Waals surface area contributed by atoms with Crippen LogP contribution in [0.5, 0.6) is 0 Å². The SMILES string of the molecule is CCCCC1(CNC(=O)c2cc(-c3ccc(CN4CCOCC4)nc3)cc(N(C)[C@H]3CC[C@H](NC(C)=O)CC3)c2C)C(=O)N=C(C)CC1C. The first-order valence-electron chi connectivity index (χ1n) is 18.3. The second kappa shape index (κ2) is 16.4. The first-order valence-corrected chi connectivity index (χ1v) is 18.3. The van der Waals surface area contributed by atoms with Gasteiger partial charge in [-0.05, 0) is 87.6 Å². The Labute approximate surface area is 292 Å². The van der Waals surface area contributed by atoms with Crippen molar-refractivity contribution in [3.63, 3.8) is 0 Å². The summed E-state index contributed by atoms with van der Waals surface area (Å²) in [6, 6.07) is 8.81. The standard InChI is InChI=1S/C39H56N6O4/c1-7-8-15-39(26(2)20-27(3)42-38(39)48)25-41-37(47)35-21-31(30-9-10-33(40-23-30)24-45-16-18-49-19-17-45)22-36(28(35)4)44(6)34-13-11-32(12-14-34)43-29(5)46/h9-10,21-23,26,32,34H,7-8,11-20,24-25H2,1-6H3,(H,41,47)(H,43,46)/t26?,32-,34-,39?. The molecule has 2 aromatic rings. The number of aromatic nitrogens is 1. The molecule has 1 saturated heterocycles. The van der Waals surface area contributed by atoms with Crippen molar-refractivity contribution in [3.8, 4) is 11.1 Å². The molecule has 2 fully saturated rings. The Bertz CT molecular complexity index is 1510. The quantitative estimate of drug-likeness (QED) is 0.297. The van der Waals surface area contributed by atoms with Crippen molar-refractivity contribution >= 4 is 29.1 Å². The molecule has 1 saturated carbocycles. The summed E-state index contributed by atoms with van der Waals surface area (Å²) in [7, 11) is 2.11. The number of nitrogens with one attached hydrogen (secondary N) is 2. The highest BCUT2D eigenvalue weighted by Gasteiger charge is 2.45. The third kappa shape index (κ3) is 8.76. The van der Waals surface area contributed by atoms with Crippen molar-refractivity contribution in [1.29, 1.82) is 0 Å². The second-order valence-corrected chi connectivity index (χ2v) is 14.6. The van der Waals surface area contributed by atoms with Crippen LogP contribution in [0, 0.1) is 18.3 Å². The molecule has 1 aliphatic carbocycles. The molecule has 266 valence electrons. The van der Waals surface area contributed by atoms with Crippen LogP contribution in [0.4, 0.5) is 5.69 Å². The Kier molecular flexibility index (Phi) is 12.3. The van der Waals surface area contributed by atoms with Crippen LogP contribution < -0.4 is 15.5 Å². The summed E-state index contributed by atoms with van der Waals surface area (Å²) in [5.41, 5.74) is 5.55. The Morgan fingerprint density at radius 2 is 1.82 bits per heavy atom. The number of hydrogen-bond acceptors (Lipinski definition) is 7. The maximum Gasteiger partial charge on any atom is 0.253 e. The lowest BCUT2D eigenvalue weighted by molar-refractivity contribution is -0.131. The largest absolute Gasteiger partial charge is 0.379 e. The van der Waals surface area contributed by atoms with Gasteiger partial charge in [-0.15, -0.1) is 0 Å². The van der Waals surface area contributed by atoms with Gasteiger partial charge in [0.2, 0.25) is 5.91 Å². The molecule has 3 heterocycles. The zero-order valence-corrected chi connectivity index (χ0v) is 30.4. The predicted molar refractivity (Wildman–Crippen MR) is 195 cm³/mol. The summed E-state index contributed by atoms with van der Waals surface area (Å²) in [5.74, 6) is -0.180. The van der Waals surface area contributed by atoms with Gasteiger partial charge in [0, 0.05) is 81.0 Å². The number of ether oxygens (including phenoxy) is 1. The van der Waals surface area contributed by atoms with E-state index < -0.39 is 5.41 Å². The van der Waals surface area contributed by atoms with Gasteiger partial charge in [-0.25, -0.2) is 4.99 Å². The minimum Gasteiger partial charge on any atom is -0.379 e. The summed E-state index contributed by atoms with van der Waals surface area (Å²) in [6.07, 6.45) is 8.99. The Morgan fingerprint density at radius 3 is 2.45 bits per heavy atom. The highest BCUT2D eigenvalue weighted by molar-refractivity contribution is 6.02. The van der Waals surface area contributed by atoms with Gasteiger partial charge >= 0.3 is 0 Å². The molecule has 1 aromatic carbocycles. The van der Waals surface area contributed by atoms with E-state index in [4.69, 9.17) is 9.72 Å². The van der Waals surface area contributed by atoms with Crippen molar-refractivity contribution in [2.45, 2.75) is 105 Å². The van der Waals surface area contributed by atoms with Crippen LogP contribution in [0.2, 0.25) is 0 Å². The fourth-order valence-electron chi connectivity index (χ4n) is 7.93. The van der Waals surface area contributed by atoms with E-state index in [-0.39, 0.29) is 42.3 Å². The summed E-state index contributed by atoms with van der Waals surface area (Å²) in [5, 5.41) is 6.30. The number of benzene rings is 1. The Morgan fingerprint density at radius 1 is 1.08 bits per heavy atom. The number of anilines is 1. The van der Waals surface area contributed by atoms with Gasteiger partial charge < -0.3 is 20.3 Å². The molecule has 2 aliphatic heterocycles. The lowest BCUT2D eigenvalue weighted by atomic mass is 9.68. The minimum atomic E-state index is -0.705. The van der Waals surface area contributed by atoms with Crippen LogP contribution in [0.25, 0.3) is 11.1 Å². The monoisotopic (exact) mass is 672 g/mol. The molecule has 0 bridgehead atoms. The van der Waals surface area contributed by atoms with Crippen LogP contribution in [-0.2, 0) is 20.9 Å². The maximum atomic E-state index is 14.2. The van der Waals surface area contributed by atoms with E-state index >= 15 is 0 Å². The van der Waals surface area contributed by atoms with E-state index in [0.29, 0.717) is 12.0 Å². The summed E-state index contributed by atoms with van der Waals surface area (Å²) < 4.78 is 5.50. The van der Waals surface area contributed by atoms with Crippen molar-refractivity contribution in [2.24, 2.45) is 16.3 Å². The van der Waals surface area contributed by atoms with Gasteiger partial charge in [0.05, 0.1) is 24.3 Å². The molecule has 2 N–H and O–H groups in total. The molecule has 10 nitrogen and oxygen atoms in total. The summed E-state index contributed by atoms with van der Waals surface area (Å²) in [4.78, 5) is 53.2. The topological polar surface area (TPSA) is 116 Å². The third-order valence-electron chi connectivity index (χ3n) is 11.1. The number of pyridine rings is 1. The smallest absolute Gasteiger partial charge is 0.253 e. The van der Waals surface area contributed by atoms with Crippen LogP contribution >= 0.6 is 0 Å². The number of morpholine rings is 1. The lowest BCUT2D eigenvalue weighted by Crippen LogP contribution is -2.49. The molecule has 2 atom stereocenters. The molecule has 5 rings (SSSR count). The highest BCUT2D eigenvalue weighted by atomic mass is 16.5. The molecule has 0 radical (unpaired) electrons. The summed E-state index contributed by atoms with van der Waals surface area (Å²) in [6.45, 7) is 14.1. The van der Waals surface area contributed by atoms with Crippen molar-refractivity contribution < 1.29 is 19.1 Å². The number of carbonyl (C=O) groups excluding carboxylic acids is 3. The van der Waals surface area contributed by atoms with Gasteiger partial charge in [0.1, 0.15) is 0 Å². The zero-order valence-electron chi connectivity index (χ0n) is 30.4. The Balaban J connectivity index is 1.43. The fourth-order valence-corrected chi connectivity index (χ4v) is 7.93. The molecule has 10 heteroatoms. The minimum absolute atomic E-state index is 0.0170. The highest BCUT2D eigenvalue weighted by Crippen LogP contribution is 2.40. The van der Waals surface area contributed by atoms with E-state index in [0.717, 1.165) is 112 Å². The molecule has 49 heavy (non-hydrogen) atoms. The normalized spacial score (nSPS) is 24.7. The van der Waals surface area contributed by atoms with Gasteiger partial charge in [0.25, 0.3) is 11.8 Å². The molecule has 1 aromatic heterocycles. The maximum absolute atomic E-state index is 14.2. The molecule has 3 aliphatic rings. The number of amides is 3. The predicted octanol–water partition coefficient (Wildman–Crippen LogP) is 5.71. The van der Waals surface area contributed by atoms with Crippen LogP contribution in [0.15, 0.2) is 35.5 Å². The number of nitrogens with zero attached hydrogens (tertiary/aromatic N) is 4.